The van der Waals surface area contributed by atoms with Crippen LogP contribution in [0.15, 0.2) is 48.5 Å². The molecule has 2 aromatic carbocycles. The smallest absolute Gasteiger partial charge is 0.314 e. The van der Waals surface area contributed by atoms with E-state index in [0.717, 1.165) is 47.9 Å². The summed E-state index contributed by atoms with van der Waals surface area (Å²) in [6.07, 6.45) is 7.90. The number of likely N-dealkylation sites (N-methyl/N-ethyl adjacent to an activating group) is 2. The average Bonchev–Trinajstić information content (AvgIpc) is 3.89. The molecular formula is C62H106N8O15. The van der Waals surface area contributed by atoms with Crippen molar-refractivity contribution in [2.75, 3.05) is 120 Å². The van der Waals surface area contributed by atoms with Gasteiger partial charge in [0, 0.05) is 72.8 Å². The molecule has 4 amide bonds. The van der Waals surface area contributed by atoms with Crippen LogP contribution in [-0.2, 0) is 97.2 Å². The topological polar surface area (TPSA) is 353 Å². The molecule has 0 spiro atoms. The Bertz CT molecular complexity index is 2070. The number of aryl methyl sites for hydroxylation is 2. The summed E-state index contributed by atoms with van der Waals surface area (Å²) < 4.78 is 36.1. The second kappa shape index (κ2) is 53.8. The highest BCUT2D eigenvalue weighted by atomic mass is 16.6. The molecule has 1 heterocycles. The Morgan fingerprint density at radius 3 is 1.18 bits per heavy atom. The minimum atomic E-state index is -0.585. The number of rotatable bonds is 45. The van der Waals surface area contributed by atoms with Gasteiger partial charge in [0.25, 0.3) is 0 Å². The van der Waals surface area contributed by atoms with Crippen LogP contribution in [0.3, 0.4) is 0 Å². The molecule has 2 aromatic rings. The van der Waals surface area contributed by atoms with Gasteiger partial charge in [0.15, 0.2) is 5.78 Å². The molecule has 0 bridgehead atoms. The fourth-order valence-electron chi connectivity index (χ4n) is 7.53. The lowest BCUT2D eigenvalue weighted by atomic mass is 9.95. The minimum Gasteiger partial charge on any atom is -0.393 e. The number of nitrogens with two attached hydrogens (primary N) is 4. The van der Waals surface area contributed by atoms with Crippen molar-refractivity contribution < 1.29 is 71.5 Å². The van der Waals surface area contributed by atoms with E-state index < -0.39 is 18.0 Å². The zero-order valence-corrected chi connectivity index (χ0v) is 52.0. The first kappa shape index (κ1) is 79.4. The van der Waals surface area contributed by atoms with E-state index in [1.807, 2.05) is 62.4 Å². The van der Waals surface area contributed by atoms with E-state index in [1.54, 1.807) is 14.1 Å². The SMILES string of the molecule is CNC(=O)Cc1ccc(CCC(=O)C(CC(C)C)NC(=O)CCC(=O)NCCCOCCOCCOCCCN)cc1.CNC(=O)Cc1ccc(CCC(=O)C(N)CC(C)C)cc1.NCCCOCCOCCOCCCN.O=C1CCC(=O)O1. The van der Waals surface area contributed by atoms with Gasteiger partial charge in [0.05, 0.1) is 90.6 Å². The van der Waals surface area contributed by atoms with Crippen LogP contribution in [0.4, 0.5) is 0 Å². The van der Waals surface area contributed by atoms with Crippen molar-refractivity contribution >= 4 is 47.1 Å². The number of nitrogens with one attached hydrogen (secondary N) is 4. The van der Waals surface area contributed by atoms with Crippen molar-refractivity contribution in [3.05, 3.63) is 70.8 Å². The van der Waals surface area contributed by atoms with Crippen LogP contribution in [0, 0.1) is 11.8 Å². The normalized spacial score (nSPS) is 12.4. The fourth-order valence-corrected chi connectivity index (χ4v) is 7.53. The standard InChI is InChI=1S/C31H52N4O7.C17H26N2O2.C10H24N2O3.C4H4O3/c1-24(2)22-27(28(36)11-10-25-6-8-26(9-7-25)23-31(39)33-3)35-30(38)13-12-29(37)34-15-5-17-41-19-21-42-20-18-40-16-4-14-32;1-12(2)10-15(18)16(20)9-8-13-4-6-14(7-5-13)11-17(21)19-3;11-3-1-5-13-7-9-15-10-8-14-6-2-4-12;5-3-1-2-4(6)7-3/h6-9,24,27H,4-5,10-23,32H2,1-3H3,(H,33,39)(H,34,37)(H,35,38);4-7,12,15H,8-11,18H2,1-3H3,(H,19,21);1-12H2;1-2H2. The molecule has 1 aliphatic rings. The minimum absolute atomic E-state index is 0.00223. The molecule has 1 saturated heterocycles. The number of ketones is 2. The number of benzene rings is 2. The Kier molecular flexibility index (Phi) is 50.3. The van der Waals surface area contributed by atoms with E-state index in [1.165, 1.54) is 0 Å². The van der Waals surface area contributed by atoms with Crippen molar-refractivity contribution in [3.8, 4) is 0 Å². The summed E-state index contributed by atoms with van der Waals surface area (Å²) in [5, 5.41) is 10.8. The number of amides is 4. The van der Waals surface area contributed by atoms with Gasteiger partial charge in [0.1, 0.15) is 5.78 Å². The summed E-state index contributed by atoms with van der Waals surface area (Å²) in [5.41, 5.74) is 25.9. The third-order valence-electron chi connectivity index (χ3n) is 12.3. The van der Waals surface area contributed by atoms with E-state index in [2.05, 4.69) is 39.9 Å². The van der Waals surface area contributed by atoms with E-state index in [-0.39, 0.29) is 72.8 Å². The number of hydrogen-bond acceptors (Lipinski definition) is 19. The Balaban J connectivity index is 0.00000134. The van der Waals surface area contributed by atoms with E-state index >= 15 is 0 Å². The molecular weight excluding hydrogens is 1100 g/mol. The number of esters is 2. The molecule has 0 aliphatic carbocycles. The van der Waals surface area contributed by atoms with Gasteiger partial charge in [0.2, 0.25) is 23.6 Å². The van der Waals surface area contributed by atoms with Crippen molar-refractivity contribution in [2.45, 2.75) is 143 Å². The maximum atomic E-state index is 13.0. The van der Waals surface area contributed by atoms with Crippen LogP contribution in [0.5, 0.6) is 0 Å². The predicted molar refractivity (Wildman–Crippen MR) is 327 cm³/mol. The number of ether oxygens (including phenoxy) is 7. The van der Waals surface area contributed by atoms with Gasteiger partial charge in [-0.05, 0) is 105 Å². The molecule has 1 fully saturated rings. The van der Waals surface area contributed by atoms with E-state index in [0.29, 0.717) is 163 Å². The number of hydrogen-bond donors (Lipinski definition) is 8. The summed E-state index contributed by atoms with van der Waals surface area (Å²) in [7, 11) is 3.23. The lowest BCUT2D eigenvalue weighted by Crippen LogP contribution is -2.42. The largest absolute Gasteiger partial charge is 0.393 e. The molecule has 85 heavy (non-hydrogen) atoms. The van der Waals surface area contributed by atoms with Crippen molar-refractivity contribution in [1.29, 1.82) is 0 Å². The van der Waals surface area contributed by atoms with Gasteiger partial charge in [-0.3, -0.25) is 38.4 Å². The summed E-state index contributed by atoms with van der Waals surface area (Å²) >= 11 is 0. The van der Waals surface area contributed by atoms with Crippen molar-refractivity contribution in [2.24, 2.45) is 34.8 Å². The maximum absolute atomic E-state index is 13.0. The monoisotopic (exact) mass is 1200 g/mol. The molecule has 23 nitrogen and oxygen atoms in total. The Labute approximate surface area is 505 Å². The van der Waals surface area contributed by atoms with Crippen molar-refractivity contribution in [3.63, 3.8) is 0 Å². The highest BCUT2D eigenvalue weighted by Crippen LogP contribution is 2.14. The second-order valence-corrected chi connectivity index (χ2v) is 20.9. The summed E-state index contributed by atoms with van der Waals surface area (Å²) in [4.78, 5) is 92.4. The second-order valence-electron chi connectivity index (χ2n) is 20.9. The molecule has 1 aliphatic heterocycles. The first-order valence-electron chi connectivity index (χ1n) is 30.1. The summed E-state index contributed by atoms with van der Waals surface area (Å²) in [6.45, 7) is 17.6. The van der Waals surface area contributed by atoms with E-state index in [4.69, 9.17) is 51.4 Å². The van der Waals surface area contributed by atoms with Crippen LogP contribution in [-0.4, -0.2) is 179 Å². The van der Waals surface area contributed by atoms with Crippen LogP contribution in [0.25, 0.3) is 0 Å². The average molecular weight is 1200 g/mol. The maximum Gasteiger partial charge on any atom is 0.314 e. The third kappa shape index (κ3) is 48.2. The molecule has 23 heteroatoms. The van der Waals surface area contributed by atoms with Gasteiger partial charge in [-0.25, -0.2) is 0 Å². The molecule has 12 N–H and O–H groups in total. The van der Waals surface area contributed by atoms with Gasteiger partial charge in [-0.2, -0.15) is 0 Å². The van der Waals surface area contributed by atoms with Crippen LogP contribution >= 0.6 is 0 Å². The molecule has 484 valence electrons. The summed E-state index contributed by atoms with van der Waals surface area (Å²) in [6, 6.07) is 14.5. The Morgan fingerprint density at radius 2 is 0.824 bits per heavy atom. The Hall–Kier alpha value is -5.60. The molecule has 3 rings (SSSR count). The zero-order chi connectivity index (χ0) is 63.3. The predicted octanol–water partition coefficient (Wildman–Crippen LogP) is 3.13. The van der Waals surface area contributed by atoms with Crippen LogP contribution < -0.4 is 44.2 Å². The van der Waals surface area contributed by atoms with Crippen LogP contribution in [0.1, 0.15) is 127 Å². The number of carbonyl (C=O) groups is 8. The molecule has 0 saturated carbocycles. The summed E-state index contributed by atoms with van der Waals surface area (Å²) in [5.74, 6) is -0.621. The lowest BCUT2D eigenvalue weighted by molar-refractivity contribution is -0.152. The quantitative estimate of drug-likeness (QED) is 0.0268. The molecule has 0 aromatic heterocycles. The Morgan fingerprint density at radius 1 is 0.471 bits per heavy atom. The highest BCUT2D eigenvalue weighted by Gasteiger charge is 2.23. The number of Topliss-reactive ketones (excluding diaryl/α,β-unsaturated/α-hetero) is 2. The first-order chi connectivity index (χ1) is 40.9. The molecule has 2 atom stereocenters. The van der Waals surface area contributed by atoms with Gasteiger partial charge >= 0.3 is 11.9 Å². The van der Waals surface area contributed by atoms with Gasteiger partial charge in [-0.15, -0.1) is 0 Å². The van der Waals surface area contributed by atoms with Crippen LogP contribution in [0.2, 0.25) is 0 Å². The van der Waals surface area contributed by atoms with Gasteiger partial charge in [-0.1, -0.05) is 76.2 Å². The third-order valence-corrected chi connectivity index (χ3v) is 12.3. The van der Waals surface area contributed by atoms with Crippen molar-refractivity contribution in [1.82, 2.24) is 21.3 Å². The highest BCUT2D eigenvalue weighted by molar-refractivity contribution is 5.92. The number of cyclic esters (lactones) is 2. The lowest BCUT2D eigenvalue weighted by Gasteiger charge is -2.20. The van der Waals surface area contributed by atoms with Gasteiger partial charge < -0.3 is 77.4 Å². The zero-order valence-electron chi connectivity index (χ0n) is 52.0. The first-order valence-corrected chi connectivity index (χ1v) is 30.1. The van der Waals surface area contributed by atoms with E-state index in [9.17, 15) is 38.4 Å². The molecule has 2 unspecified atom stereocenters. The molecule has 0 radical (unpaired) electrons. The number of carbonyl (C=O) groups excluding carboxylic acids is 8. The fraction of sp³-hybridized carbons (Fsp3) is 0.677.